The van der Waals surface area contributed by atoms with Gasteiger partial charge >= 0.3 is 0 Å². The third-order valence-corrected chi connectivity index (χ3v) is 2.55. The second-order valence-electron chi connectivity index (χ2n) is 3.60. The molecule has 82 valence electrons. The Labute approximate surface area is 100 Å². The summed E-state index contributed by atoms with van der Waals surface area (Å²) in [5, 5.41) is 0. The summed E-state index contributed by atoms with van der Waals surface area (Å²) in [6, 6.07) is 0. The first-order valence-electron chi connectivity index (χ1n) is 5.41. The van der Waals surface area contributed by atoms with Crippen LogP contribution in [0.25, 0.3) is 0 Å². The van der Waals surface area contributed by atoms with Gasteiger partial charge in [-0.25, -0.2) is 0 Å². The average molecular weight is 355 g/mol. The molecule has 0 aliphatic heterocycles. The van der Waals surface area contributed by atoms with Crippen LogP contribution in [-0.2, 0) is 21.1 Å². The SMILES string of the molecule is CCC(C)CCC(C)CC.[CH2-]C.[W]. The van der Waals surface area contributed by atoms with E-state index in [1.807, 2.05) is 0 Å². The fraction of sp³-hybridized carbons (Fsp3) is 0.917. The van der Waals surface area contributed by atoms with Gasteiger partial charge in [-0.1, -0.05) is 53.4 Å². The topological polar surface area (TPSA) is 0 Å². The number of rotatable bonds is 5. The standard InChI is InChI=1S/C10H22.C2H5.W/c1-5-9(3)7-8-10(4)6-2;1-2;/h9-10H,5-8H2,1-4H3;1H2,2H3;/q;-1;. The first-order chi connectivity index (χ1) is 5.70. The fourth-order valence-corrected chi connectivity index (χ4v) is 0.977. The molecule has 0 radical (unpaired) electrons. The quantitative estimate of drug-likeness (QED) is 0.628. The maximum Gasteiger partial charge on any atom is 0 e. The van der Waals surface area contributed by atoms with Crippen molar-refractivity contribution in [2.75, 3.05) is 0 Å². The van der Waals surface area contributed by atoms with Gasteiger partial charge in [-0.3, -0.25) is 0 Å². The Kier molecular flexibility index (Phi) is 22.5. The van der Waals surface area contributed by atoms with Crippen LogP contribution in [0.1, 0.15) is 60.3 Å². The van der Waals surface area contributed by atoms with Crippen molar-refractivity contribution in [3.05, 3.63) is 6.92 Å². The van der Waals surface area contributed by atoms with Gasteiger partial charge in [-0.15, -0.1) is 0 Å². The van der Waals surface area contributed by atoms with Crippen molar-refractivity contribution in [3.63, 3.8) is 0 Å². The van der Waals surface area contributed by atoms with Gasteiger partial charge in [0, 0.05) is 21.1 Å². The minimum absolute atomic E-state index is 0. The predicted molar refractivity (Wildman–Crippen MR) is 59.2 cm³/mol. The summed E-state index contributed by atoms with van der Waals surface area (Å²) in [5.74, 6) is 1.88. The van der Waals surface area contributed by atoms with E-state index < -0.39 is 0 Å². The largest absolute Gasteiger partial charge is 0.346 e. The van der Waals surface area contributed by atoms with Crippen molar-refractivity contribution in [2.24, 2.45) is 11.8 Å². The van der Waals surface area contributed by atoms with E-state index in [2.05, 4.69) is 34.6 Å². The minimum Gasteiger partial charge on any atom is -0.346 e. The molecule has 0 saturated heterocycles. The molecule has 0 N–H and O–H groups in total. The summed E-state index contributed by atoms with van der Waals surface area (Å²) >= 11 is 0. The molecule has 0 amide bonds. The zero-order valence-corrected chi connectivity index (χ0v) is 13.0. The summed E-state index contributed by atoms with van der Waals surface area (Å²) in [6.07, 6.45) is 5.53. The Morgan fingerprint density at radius 3 is 1.23 bits per heavy atom. The minimum atomic E-state index is 0. The first kappa shape index (κ1) is 19.3. The van der Waals surface area contributed by atoms with E-state index in [9.17, 15) is 0 Å². The summed E-state index contributed by atoms with van der Waals surface area (Å²) in [5.41, 5.74) is 0. The molecule has 0 aromatic carbocycles. The van der Waals surface area contributed by atoms with E-state index in [1.165, 1.54) is 25.7 Å². The van der Waals surface area contributed by atoms with Crippen molar-refractivity contribution < 1.29 is 21.1 Å². The van der Waals surface area contributed by atoms with E-state index in [0.29, 0.717) is 0 Å². The van der Waals surface area contributed by atoms with Gasteiger partial charge in [0.2, 0.25) is 0 Å². The van der Waals surface area contributed by atoms with Crippen LogP contribution in [0.4, 0.5) is 0 Å². The Morgan fingerprint density at radius 1 is 0.846 bits per heavy atom. The Hall–Kier alpha value is 0.688. The maximum absolute atomic E-state index is 3.25. The predicted octanol–water partition coefficient (Wildman–Crippen LogP) is 4.70. The second kappa shape index (κ2) is 15.2. The van der Waals surface area contributed by atoms with Gasteiger partial charge in [0.15, 0.2) is 0 Å². The Morgan fingerprint density at radius 2 is 1.08 bits per heavy atom. The van der Waals surface area contributed by atoms with Crippen molar-refractivity contribution in [1.82, 2.24) is 0 Å². The molecule has 0 aromatic rings. The molecule has 0 heterocycles. The van der Waals surface area contributed by atoms with Crippen molar-refractivity contribution in [1.29, 1.82) is 0 Å². The molecule has 0 fully saturated rings. The molecule has 2 atom stereocenters. The molecular weight excluding hydrogens is 328 g/mol. The molecule has 0 aliphatic rings. The zero-order chi connectivity index (χ0) is 9.98. The summed E-state index contributed by atoms with van der Waals surface area (Å²) < 4.78 is 0. The summed E-state index contributed by atoms with van der Waals surface area (Å²) in [6.45, 7) is 14.3. The molecule has 0 nitrogen and oxygen atoms in total. The zero-order valence-electron chi connectivity index (χ0n) is 10.1. The van der Waals surface area contributed by atoms with Gasteiger partial charge in [0.25, 0.3) is 0 Å². The van der Waals surface area contributed by atoms with Crippen LogP contribution in [0.3, 0.4) is 0 Å². The monoisotopic (exact) mass is 355 g/mol. The van der Waals surface area contributed by atoms with Crippen molar-refractivity contribution in [3.8, 4) is 0 Å². The van der Waals surface area contributed by atoms with Crippen LogP contribution in [0, 0.1) is 18.8 Å². The van der Waals surface area contributed by atoms with E-state index >= 15 is 0 Å². The average Bonchev–Trinajstić information content (AvgIpc) is 2.16. The Balaban J connectivity index is -0.000000309. The summed E-state index contributed by atoms with van der Waals surface area (Å²) in [4.78, 5) is 0. The third kappa shape index (κ3) is 15.4. The molecule has 0 saturated carbocycles. The van der Waals surface area contributed by atoms with E-state index in [4.69, 9.17) is 0 Å². The van der Waals surface area contributed by atoms with Crippen molar-refractivity contribution >= 4 is 0 Å². The van der Waals surface area contributed by atoms with Crippen LogP contribution in [0.2, 0.25) is 0 Å². The van der Waals surface area contributed by atoms with Gasteiger partial charge in [-0.2, -0.15) is 6.92 Å². The van der Waals surface area contributed by atoms with Crippen LogP contribution >= 0.6 is 0 Å². The molecule has 1 heteroatoms. The van der Waals surface area contributed by atoms with Crippen LogP contribution in [0.5, 0.6) is 0 Å². The second-order valence-corrected chi connectivity index (χ2v) is 3.60. The van der Waals surface area contributed by atoms with Crippen molar-refractivity contribution in [2.45, 2.75) is 60.3 Å². The third-order valence-electron chi connectivity index (χ3n) is 2.55. The van der Waals surface area contributed by atoms with Crippen LogP contribution in [-0.4, -0.2) is 0 Å². The van der Waals surface area contributed by atoms with Gasteiger partial charge in [0.05, 0.1) is 0 Å². The maximum atomic E-state index is 3.25. The molecule has 0 aromatic heterocycles. The number of hydrogen-bond acceptors (Lipinski definition) is 0. The van der Waals surface area contributed by atoms with Crippen LogP contribution < -0.4 is 0 Å². The smallest absolute Gasteiger partial charge is 0 e. The van der Waals surface area contributed by atoms with Gasteiger partial charge in [0.1, 0.15) is 0 Å². The normalized spacial score (nSPS) is 13.4. The fourth-order valence-electron chi connectivity index (χ4n) is 0.977. The molecule has 0 rings (SSSR count). The number of hydrogen-bond donors (Lipinski definition) is 0. The molecule has 0 spiro atoms. The summed E-state index contributed by atoms with van der Waals surface area (Å²) in [7, 11) is 0. The molecule has 0 bridgehead atoms. The molecule has 2 unspecified atom stereocenters. The van der Waals surface area contributed by atoms with E-state index in [1.54, 1.807) is 6.92 Å². The van der Waals surface area contributed by atoms with Gasteiger partial charge < -0.3 is 6.92 Å². The van der Waals surface area contributed by atoms with E-state index in [-0.39, 0.29) is 21.1 Å². The first-order valence-corrected chi connectivity index (χ1v) is 5.41. The van der Waals surface area contributed by atoms with Crippen LogP contribution in [0.15, 0.2) is 0 Å². The molecular formula is C12H27W-. The Bertz CT molecular complexity index is 61.5. The molecule has 0 aliphatic carbocycles. The van der Waals surface area contributed by atoms with E-state index in [0.717, 1.165) is 11.8 Å². The van der Waals surface area contributed by atoms with Gasteiger partial charge in [-0.05, 0) is 11.8 Å². The molecule has 13 heavy (non-hydrogen) atoms.